The normalized spacial score (nSPS) is 17.7. The van der Waals surface area contributed by atoms with Gasteiger partial charge in [0.1, 0.15) is 22.9 Å². The summed E-state index contributed by atoms with van der Waals surface area (Å²) in [7, 11) is 1.33. The van der Waals surface area contributed by atoms with Crippen LogP contribution in [0.3, 0.4) is 0 Å². The van der Waals surface area contributed by atoms with Crippen LogP contribution in [0.15, 0.2) is 47.5 Å². The van der Waals surface area contributed by atoms with Gasteiger partial charge in [0.05, 0.1) is 35.2 Å². The Hall–Kier alpha value is -5.54. The summed E-state index contributed by atoms with van der Waals surface area (Å²) in [6.45, 7) is 4.21. The molecular weight excluding hydrogens is 734 g/mol. The molecule has 1 saturated heterocycles. The number of imide groups is 2. The number of rotatable bonds is 12. The van der Waals surface area contributed by atoms with Crippen LogP contribution in [0.2, 0.25) is 5.02 Å². The highest BCUT2D eigenvalue weighted by molar-refractivity contribution is 7.17. The fourth-order valence-corrected chi connectivity index (χ4v) is 8.57. The minimum absolute atomic E-state index is 0.00842. The van der Waals surface area contributed by atoms with Crippen LogP contribution >= 0.6 is 22.9 Å². The lowest BCUT2D eigenvalue weighted by atomic mass is 9.98. The number of amides is 4. The van der Waals surface area contributed by atoms with Crippen molar-refractivity contribution in [3.63, 3.8) is 0 Å². The quantitative estimate of drug-likeness (QED) is 0.0829. The Balaban J connectivity index is 1.03. The summed E-state index contributed by atoms with van der Waals surface area (Å²) in [5.41, 5.74) is 3.85. The summed E-state index contributed by atoms with van der Waals surface area (Å²) < 4.78 is 6.84. The van der Waals surface area contributed by atoms with E-state index in [1.54, 1.807) is 30.3 Å². The molecule has 2 atom stereocenters. The highest BCUT2D eigenvalue weighted by Crippen LogP contribution is 2.41. The van der Waals surface area contributed by atoms with Crippen molar-refractivity contribution in [1.29, 1.82) is 0 Å². The number of anilines is 1. The van der Waals surface area contributed by atoms with Crippen molar-refractivity contribution < 1.29 is 33.5 Å². The average Bonchev–Trinajstić information content (AvgIpc) is 3.75. The molecule has 4 amide bonds. The number of halogens is 1. The highest BCUT2D eigenvalue weighted by atomic mass is 35.5. The number of aromatic nitrogens is 3. The predicted octanol–water partition coefficient (Wildman–Crippen LogP) is 5.31. The van der Waals surface area contributed by atoms with E-state index in [0.717, 1.165) is 26.6 Å². The lowest BCUT2D eigenvalue weighted by molar-refractivity contribution is -0.141. The fourth-order valence-electron chi connectivity index (χ4n) is 7.12. The van der Waals surface area contributed by atoms with E-state index in [-0.39, 0.29) is 36.2 Å². The standard InChI is InChI=1S/C38H36ClN7O7S/c1-19-30-32(21-11-13-22(39)14-12-21)41-25(18-29(49)53-3)34-44-43-20(2)45(34)38(30)54-33(19)27(47)10-5-4-6-17-40-24-9-7-8-23-31(24)37(52)46(36(23)51)26-15-16-28(48)42-35(26)50/h7-9,11-14,25-26,40H,4-6,10,15-18H2,1-3H3,(H,42,48,50)/t25-,26?/m0/s1. The molecule has 2 N–H and O–H groups in total. The number of aryl methyl sites for hydroxylation is 1. The lowest BCUT2D eigenvalue weighted by Gasteiger charge is -2.27. The molecule has 16 heteroatoms. The second-order valence-corrected chi connectivity index (χ2v) is 14.7. The van der Waals surface area contributed by atoms with E-state index < -0.39 is 41.7 Å². The molecule has 0 saturated carbocycles. The van der Waals surface area contributed by atoms with E-state index in [4.69, 9.17) is 21.3 Å². The molecule has 2 aromatic heterocycles. The number of benzene rings is 2. The van der Waals surface area contributed by atoms with Crippen LogP contribution in [0, 0.1) is 13.8 Å². The van der Waals surface area contributed by atoms with E-state index in [2.05, 4.69) is 20.8 Å². The van der Waals surface area contributed by atoms with Gasteiger partial charge in [-0.3, -0.25) is 48.5 Å². The average molecular weight is 770 g/mol. The van der Waals surface area contributed by atoms with Crippen molar-refractivity contribution in [2.75, 3.05) is 19.0 Å². The Labute approximate surface area is 318 Å². The predicted molar refractivity (Wildman–Crippen MR) is 200 cm³/mol. The molecule has 2 aromatic carbocycles. The summed E-state index contributed by atoms with van der Waals surface area (Å²) in [6, 6.07) is 10.5. The maximum absolute atomic E-state index is 13.8. The number of carbonyl (C=O) groups excluding carboxylic acids is 6. The first-order chi connectivity index (χ1) is 26.0. The van der Waals surface area contributed by atoms with Gasteiger partial charge in [-0.15, -0.1) is 21.5 Å². The Kier molecular flexibility index (Phi) is 10.3. The molecule has 7 rings (SSSR count). The molecule has 1 fully saturated rings. The molecule has 0 bridgehead atoms. The largest absolute Gasteiger partial charge is 0.469 e. The van der Waals surface area contributed by atoms with Crippen LogP contribution in [-0.2, 0) is 19.1 Å². The molecule has 0 aliphatic carbocycles. The van der Waals surface area contributed by atoms with Crippen LogP contribution in [-0.4, -0.2) is 80.5 Å². The number of unbranched alkanes of at least 4 members (excludes halogenated alkanes) is 2. The van der Waals surface area contributed by atoms with Crippen molar-refractivity contribution in [3.8, 4) is 5.00 Å². The zero-order valence-corrected chi connectivity index (χ0v) is 31.3. The second kappa shape index (κ2) is 15.1. The second-order valence-electron chi connectivity index (χ2n) is 13.3. The molecular formula is C38H36ClN7O7S. The maximum atomic E-state index is 13.8. The van der Waals surface area contributed by atoms with E-state index in [1.165, 1.54) is 18.4 Å². The third-order valence-corrected chi connectivity index (χ3v) is 11.4. The topological polar surface area (TPSA) is 182 Å². The Morgan fingerprint density at radius 2 is 1.78 bits per heavy atom. The van der Waals surface area contributed by atoms with E-state index in [0.29, 0.717) is 65.2 Å². The van der Waals surface area contributed by atoms with Gasteiger partial charge in [-0.25, -0.2) is 0 Å². The van der Waals surface area contributed by atoms with Crippen LogP contribution in [0.4, 0.5) is 5.69 Å². The van der Waals surface area contributed by atoms with Gasteiger partial charge in [0.25, 0.3) is 11.8 Å². The summed E-state index contributed by atoms with van der Waals surface area (Å²) in [6.07, 6.45) is 2.42. The van der Waals surface area contributed by atoms with Crippen LogP contribution in [0.1, 0.15) is 110 Å². The smallest absolute Gasteiger partial charge is 0.308 e. The molecule has 54 heavy (non-hydrogen) atoms. The molecule has 5 heterocycles. The number of Topliss-reactive ketones (excluding diaryl/α,β-unsaturated/α-hetero) is 1. The van der Waals surface area contributed by atoms with Crippen LogP contribution in [0.25, 0.3) is 5.00 Å². The highest BCUT2D eigenvalue weighted by Gasteiger charge is 2.45. The molecule has 1 unspecified atom stereocenters. The molecule has 0 radical (unpaired) electrons. The summed E-state index contributed by atoms with van der Waals surface area (Å²) in [5.74, 6) is -1.58. The first kappa shape index (κ1) is 36.8. The molecule has 0 spiro atoms. The fraction of sp³-hybridized carbons (Fsp3) is 0.342. The first-order valence-corrected chi connectivity index (χ1v) is 18.8. The van der Waals surface area contributed by atoms with Gasteiger partial charge in [0.15, 0.2) is 11.6 Å². The van der Waals surface area contributed by atoms with Crippen LogP contribution in [0.5, 0.6) is 0 Å². The number of fused-ring (bicyclic) bond motifs is 4. The van der Waals surface area contributed by atoms with Crippen molar-refractivity contribution in [2.45, 2.75) is 70.9 Å². The summed E-state index contributed by atoms with van der Waals surface area (Å²) >= 11 is 7.57. The van der Waals surface area contributed by atoms with Gasteiger partial charge < -0.3 is 10.1 Å². The van der Waals surface area contributed by atoms with Gasteiger partial charge in [-0.1, -0.05) is 36.2 Å². The lowest BCUT2D eigenvalue weighted by Crippen LogP contribution is -2.54. The number of esters is 1. The number of thiophene rings is 1. The number of hydrogen-bond acceptors (Lipinski definition) is 12. The maximum Gasteiger partial charge on any atom is 0.308 e. The van der Waals surface area contributed by atoms with Crippen LogP contribution < -0.4 is 10.6 Å². The molecule has 4 aromatic rings. The Morgan fingerprint density at radius 1 is 1.00 bits per heavy atom. The number of methoxy groups -OCH3 is 1. The third kappa shape index (κ3) is 6.73. The minimum atomic E-state index is -1.04. The number of nitrogens with zero attached hydrogens (tertiary/aromatic N) is 5. The Bertz CT molecular complexity index is 2260. The molecule has 278 valence electrons. The minimum Gasteiger partial charge on any atom is -0.469 e. The first-order valence-electron chi connectivity index (χ1n) is 17.6. The Morgan fingerprint density at radius 3 is 2.52 bits per heavy atom. The number of piperidine rings is 1. The van der Waals surface area contributed by atoms with Gasteiger partial charge >= 0.3 is 5.97 Å². The number of nitrogens with one attached hydrogen (secondary N) is 2. The van der Waals surface area contributed by atoms with E-state index in [9.17, 15) is 28.8 Å². The SMILES string of the molecule is COC(=O)C[C@@H]1N=C(c2ccc(Cl)cc2)c2c(sc(C(=O)CCCCCNc3cccc4c3C(=O)N(C3CCC(=O)NC3=O)C4=O)c2C)-n2c(C)nnc21. The van der Waals surface area contributed by atoms with Gasteiger partial charge in [0.2, 0.25) is 11.8 Å². The van der Waals surface area contributed by atoms with Crippen molar-refractivity contribution >= 4 is 69.7 Å². The monoisotopic (exact) mass is 769 g/mol. The number of hydrogen-bond donors (Lipinski definition) is 2. The van der Waals surface area contributed by atoms with E-state index >= 15 is 0 Å². The van der Waals surface area contributed by atoms with Crippen molar-refractivity contribution in [3.05, 3.63) is 91.8 Å². The number of ether oxygens (including phenoxy) is 1. The summed E-state index contributed by atoms with van der Waals surface area (Å²) in [5, 5.41) is 15.5. The molecule has 3 aliphatic heterocycles. The van der Waals surface area contributed by atoms with Gasteiger partial charge in [0, 0.05) is 41.2 Å². The zero-order chi connectivity index (χ0) is 38.3. The zero-order valence-electron chi connectivity index (χ0n) is 29.7. The van der Waals surface area contributed by atoms with Crippen molar-refractivity contribution in [2.24, 2.45) is 4.99 Å². The molecule has 3 aliphatic rings. The molecule has 14 nitrogen and oxygen atoms in total. The number of ketones is 1. The summed E-state index contributed by atoms with van der Waals surface area (Å²) in [4.78, 5) is 83.5. The van der Waals surface area contributed by atoms with Crippen molar-refractivity contribution in [1.82, 2.24) is 25.0 Å². The van der Waals surface area contributed by atoms with Gasteiger partial charge in [-0.2, -0.15) is 0 Å². The third-order valence-electron chi connectivity index (χ3n) is 9.82. The van der Waals surface area contributed by atoms with Gasteiger partial charge in [-0.05, 0) is 62.9 Å². The number of aliphatic imine (C=N–C) groups is 1. The number of carbonyl (C=O) groups is 6. The van der Waals surface area contributed by atoms with E-state index in [1.807, 2.05) is 30.5 Å².